The van der Waals surface area contributed by atoms with E-state index in [0.717, 1.165) is 12.2 Å². The number of hydrogen-bond acceptors (Lipinski definition) is 5. The maximum Gasteiger partial charge on any atom is 0.340 e. The zero-order valence-electron chi connectivity index (χ0n) is 12.2. The van der Waals surface area contributed by atoms with E-state index in [0.29, 0.717) is 23.7 Å². The number of aromatic nitrogens is 1. The average molecular weight is 285 g/mol. The Morgan fingerprint density at radius 3 is 2.62 bits per heavy atom. The standard InChI is InChI=1S/C16H19N3O2/c1-3-19(12-8-6-5-7-9-12)15-10-13(14(17)11-18-15)16(20)21-4-2/h5-11H,3-4,17H2,1-2H3. The lowest BCUT2D eigenvalue weighted by molar-refractivity contribution is 0.0527. The number of pyridine rings is 1. The van der Waals surface area contributed by atoms with E-state index < -0.39 is 5.97 Å². The third-order valence-electron chi connectivity index (χ3n) is 3.08. The van der Waals surface area contributed by atoms with Gasteiger partial charge in [0.2, 0.25) is 0 Å². The van der Waals surface area contributed by atoms with Gasteiger partial charge in [-0.3, -0.25) is 0 Å². The number of rotatable bonds is 5. The largest absolute Gasteiger partial charge is 0.462 e. The molecule has 0 saturated heterocycles. The van der Waals surface area contributed by atoms with Crippen molar-refractivity contribution >= 4 is 23.2 Å². The molecule has 0 aliphatic rings. The summed E-state index contributed by atoms with van der Waals surface area (Å²) in [5.41, 5.74) is 7.49. The minimum Gasteiger partial charge on any atom is -0.462 e. The Hall–Kier alpha value is -2.56. The lowest BCUT2D eigenvalue weighted by Gasteiger charge is -2.22. The van der Waals surface area contributed by atoms with E-state index >= 15 is 0 Å². The Bertz CT molecular complexity index is 614. The predicted octanol–water partition coefficient (Wildman–Crippen LogP) is 3.00. The van der Waals surface area contributed by atoms with Crippen LogP contribution in [0.1, 0.15) is 24.2 Å². The summed E-state index contributed by atoms with van der Waals surface area (Å²) in [6.45, 7) is 4.82. The molecule has 5 heteroatoms. The molecule has 2 N–H and O–H groups in total. The Morgan fingerprint density at radius 2 is 2.00 bits per heavy atom. The van der Waals surface area contributed by atoms with Crippen LogP contribution in [0.4, 0.5) is 17.2 Å². The van der Waals surface area contributed by atoms with Crippen LogP contribution in [0.2, 0.25) is 0 Å². The number of benzene rings is 1. The van der Waals surface area contributed by atoms with Crippen LogP contribution < -0.4 is 10.6 Å². The summed E-state index contributed by atoms with van der Waals surface area (Å²) < 4.78 is 5.02. The van der Waals surface area contributed by atoms with Gasteiger partial charge < -0.3 is 15.4 Å². The smallest absolute Gasteiger partial charge is 0.340 e. The summed E-state index contributed by atoms with van der Waals surface area (Å²) in [7, 11) is 0. The van der Waals surface area contributed by atoms with Gasteiger partial charge in [-0.05, 0) is 32.0 Å². The highest BCUT2D eigenvalue weighted by atomic mass is 16.5. The quantitative estimate of drug-likeness (QED) is 0.855. The van der Waals surface area contributed by atoms with E-state index in [-0.39, 0.29) is 0 Å². The van der Waals surface area contributed by atoms with Crippen LogP contribution in [0.5, 0.6) is 0 Å². The second kappa shape index (κ2) is 6.74. The summed E-state index contributed by atoms with van der Waals surface area (Å²) in [5, 5.41) is 0. The molecule has 0 bridgehead atoms. The number of nitrogens with zero attached hydrogens (tertiary/aromatic N) is 2. The van der Waals surface area contributed by atoms with Gasteiger partial charge in [-0.1, -0.05) is 18.2 Å². The van der Waals surface area contributed by atoms with E-state index in [4.69, 9.17) is 10.5 Å². The molecule has 0 saturated carbocycles. The molecule has 0 unspecified atom stereocenters. The number of carbonyl (C=O) groups is 1. The lowest BCUT2D eigenvalue weighted by atomic mass is 10.2. The van der Waals surface area contributed by atoms with Crippen molar-refractivity contribution in [3.8, 4) is 0 Å². The van der Waals surface area contributed by atoms with Crippen LogP contribution in [0.25, 0.3) is 0 Å². The summed E-state index contributed by atoms with van der Waals surface area (Å²) >= 11 is 0. The Kier molecular flexibility index (Phi) is 4.77. The molecule has 0 radical (unpaired) electrons. The van der Waals surface area contributed by atoms with Crippen LogP contribution in [-0.2, 0) is 4.74 Å². The van der Waals surface area contributed by atoms with Crippen LogP contribution in [0.3, 0.4) is 0 Å². The molecule has 1 aromatic carbocycles. The van der Waals surface area contributed by atoms with Crippen LogP contribution >= 0.6 is 0 Å². The number of esters is 1. The van der Waals surface area contributed by atoms with Gasteiger partial charge in [-0.15, -0.1) is 0 Å². The molecule has 1 aromatic heterocycles. The first-order valence-corrected chi connectivity index (χ1v) is 6.92. The van der Waals surface area contributed by atoms with Crippen molar-refractivity contribution in [1.29, 1.82) is 0 Å². The van der Waals surface area contributed by atoms with Crippen molar-refractivity contribution in [2.45, 2.75) is 13.8 Å². The van der Waals surface area contributed by atoms with Gasteiger partial charge in [0.15, 0.2) is 0 Å². The molecular weight excluding hydrogens is 266 g/mol. The maximum atomic E-state index is 11.9. The van der Waals surface area contributed by atoms with Crippen molar-refractivity contribution in [2.24, 2.45) is 0 Å². The highest BCUT2D eigenvalue weighted by Crippen LogP contribution is 2.25. The minimum absolute atomic E-state index is 0.312. The number of carbonyl (C=O) groups excluding carboxylic acids is 1. The molecule has 21 heavy (non-hydrogen) atoms. The predicted molar refractivity (Wildman–Crippen MR) is 83.7 cm³/mol. The van der Waals surface area contributed by atoms with Crippen LogP contribution in [-0.4, -0.2) is 24.1 Å². The highest BCUT2D eigenvalue weighted by Gasteiger charge is 2.16. The first-order valence-electron chi connectivity index (χ1n) is 6.92. The first-order chi connectivity index (χ1) is 10.2. The van der Waals surface area contributed by atoms with Gasteiger partial charge in [0.1, 0.15) is 5.82 Å². The number of para-hydroxylation sites is 1. The van der Waals surface area contributed by atoms with Gasteiger partial charge in [0.05, 0.1) is 24.1 Å². The SMILES string of the molecule is CCOC(=O)c1cc(N(CC)c2ccccc2)ncc1N. The van der Waals surface area contributed by atoms with Gasteiger partial charge in [-0.25, -0.2) is 9.78 Å². The molecule has 2 rings (SSSR count). The van der Waals surface area contributed by atoms with Gasteiger partial charge in [0, 0.05) is 12.2 Å². The van der Waals surface area contributed by atoms with Crippen molar-refractivity contribution in [2.75, 3.05) is 23.8 Å². The number of anilines is 3. The van der Waals surface area contributed by atoms with Crippen molar-refractivity contribution in [3.63, 3.8) is 0 Å². The molecule has 0 spiro atoms. The Labute approximate surface area is 124 Å². The second-order valence-electron chi connectivity index (χ2n) is 4.43. The first kappa shape index (κ1) is 14.8. The molecule has 0 aliphatic heterocycles. The molecule has 110 valence electrons. The third-order valence-corrected chi connectivity index (χ3v) is 3.08. The van der Waals surface area contributed by atoms with Gasteiger partial charge in [0.25, 0.3) is 0 Å². The van der Waals surface area contributed by atoms with E-state index in [1.807, 2.05) is 42.2 Å². The van der Waals surface area contributed by atoms with E-state index in [9.17, 15) is 4.79 Å². The zero-order chi connectivity index (χ0) is 15.2. The fourth-order valence-electron chi connectivity index (χ4n) is 2.07. The van der Waals surface area contributed by atoms with Crippen LogP contribution in [0, 0.1) is 0 Å². The number of hydrogen-bond donors (Lipinski definition) is 1. The van der Waals surface area contributed by atoms with Crippen molar-refractivity contribution in [3.05, 3.63) is 48.2 Å². The van der Waals surface area contributed by atoms with Gasteiger partial charge in [-0.2, -0.15) is 0 Å². The Morgan fingerprint density at radius 1 is 1.29 bits per heavy atom. The highest BCUT2D eigenvalue weighted by molar-refractivity contribution is 5.95. The van der Waals surface area contributed by atoms with E-state index in [1.54, 1.807) is 13.0 Å². The monoisotopic (exact) mass is 285 g/mol. The molecule has 0 aliphatic carbocycles. The van der Waals surface area contributed by atoms with Crippen LogP contribution in [0.15, 0.2) is 42.6 Å². The molecule has 0 atom stereocenters. The second-order valence-corrected chi connectivity index (χ2v) is 4.43. The normalized spacial score (nSPS) is 10.2. The molecule has 0 amide bonds. The average Bonchev–Trinajstić information content (AvgIpc) is 2.51. The maximum absolute atomic E-state index is 11.9. The summed E-state index contributed by atoms with van der Waals surface area (Å²) in [6, 6.07) is 11.5. The fourth-order valence-corrected chi connectivity index (χ4v) is 2.07. The van der Waals surface area contributed by atoms with Crippen molar-refractivity contribution < 1.29 is 9.53 Å². The zero-order valence-corrected chi connectivity index (χ0v) is 12.2. The number of nitrogens with two attached hydrogens (primary N) is 1. The fraction of sp³-hybridized carbons (Fsp3) is 0.250. The molecule has 5 nitrogen and oxygen atoms in total. The minimum atomic E-state index is -0.428. The van der Waals surface area contributed by atoms with Crippen molar-refractivity contribution in [1.82, 2.24) is 4.98 Å². The van der Waals surface area contributed by atoms with Gasteiger partial charge >= 0.3 is 5.97 Å². The molecule has 1 heterocycles. The Balaban J connectivity index is 2.39. The number of nitrogen functional groups attached to an aromatic ring is 1. The molecule has 0 fully saturated rings. The summed E-state index contributed by atoms with van der Waals surface area (Å²) in [4.78, 5) is 18.2. The van der Waals surface area contributed by atoms with E-state index in [2.05, 4.69) is 4.98 Å². The molecular formula is C16H19N3O2. The lowest BCUT2D eigenvalue weighted by Crippen LogP contribution is -2.18. The van der Waals surface area contributed by atoms with E-state index in [1.165, 1.54) is 6.20 Å². The number of ether oxygens (including phenoxy) is 1. The topological polar surface area (TPSA) is 68.5 Å². The third kappa shape index (κ3) is 3.31. The summed E-state index contributed by atoms with van der Waals surface area (Å²) in [6.07, 6.45) is 1.49. The summed E-state index contributed by atoms with van der Waals surface area (Å²) in [5.74, 6) is 0.240. The molecule has 2 aromatic rings.